The first-order valence-corrected chi connectivity index (χ1v) is 12.3. The van der Waals surface area contributed by atoms with Gasteiger partial charge in [-0.25, -0.2) is 13.1 Å². The first-order chi connectivity index (χ1) is 14.4. The van der Waals surface area contributed by atoms with E-state index in [0.717, 1.165) is 51.0 Å². The number of benzene rings is 2. The summed E-state index contributed by atoms with van der Waals surface area (Å²) in [7, 11) is -1.33. The third kappa shape index (κ3) is 4.94. The van der Waals surface area contributed by atoms with Gasteiger partial charge in [0.25, 0.3) is 0 Å². The van der Waals surface area contributed by atoms with Crippen LogP contribution in [-0.4, -0.2) is 52.6 Å². The Morgan fingerprint density at radius 3 is 2.47 bits per heavy atom. The van der Waals surface area contributed by atoms with Crippen molar-refractivity contribution in [3.63, 3.8) is 0 Å². The van der Waals surface area contributed by atoms with Crippen molar-refractivity contribution >= 4 is 21.8 Å². The molecule has 1 aliphatic carbocycles. The molecule has 1 N–H and O–H groups in total. The van der Waals surface area contributed by atoms with E-state index < -0.39 is 10.0 Å². The Hall–Kier alpha value is -2.15. The van der Waals surface area contributed by atoms with E-state index in [2.05, 4.69) is 40.6 Å². The fourth-order valence-electron chi connectivity index (χ4n) is 4.49. The summed E-state index contributed by atoms with van der Waals surface area (Å²) in [5, 5.41) is 1.29. The maximum atomic E-state index is 12.7. The van der Waals surface area contributed by atoms with Crippen LogP contribution in [0.1, 0.15) is 28.7 Å². The monoisotopic (exact) mass is 425 g/mol. The van der Waals surface area contributed by atoms with Crippen LogP contribution in [0.4, 0.5) is 5.69 Å². The second kappa shape index (κ2) is 8.92. The average Bonchev–Trinajstić information content (AvgIpc) is 2.74. The second-order valence-corrected chi connectivity index (χ2v) is 10.1. The molecule has 1 heterocycles. The summed E-state index contributed by atoms with van der Waals surface area (Å²) in [6, 6.07) is 13.9. The summed E-state index contributed by atoms with van der Waals surface area (Å²) in [5.41, 5.74) is 6.21. The Balaban J connectivity index is 1.51. The molecule has 0 radical (unpaired) electrons. The Kier molecular flexibility index (Phi) is 6.27. The van der Waals surface area contributed by atoms with Gasteiger partial charge in [-0.15, -0.1) is 0 Å². The molecule has 0 amide bonds. The van der Waals surface area contributed by atoms with Gasteiger partial charge in [0.1, 0.15) is 0 Å². The molecule has 5 nitrogen and oxygen atoms in total. The topological polar surface area (TPSA) is 52.6 Å². The molecule has 2 aliphatic rings. The smallest absolute Gasteiger partial charge is 0.233 e. The minimum absolute atomic E-state index is 0.0732. The summed E-state index contributed by atoms with van der Waals surface area (Å²) in [4.78, 5) is 4.82. The number of anilines is 1. The van der Waals surface area contributed by atoms with Crippen LogP contribution in [0.2, 0.25) is 0 Å². The molecule has 0 unspecified atom stereocenters. The lowest BCUT2D eigenvalue weighted by Crippen LogP contribution is -2.45. The Morgan fingerprint density at radius 2 is 1.73 bits per heavy atom. The van der Waals surface area contributed by atoms with Crippen LogP contribution >= 0.6 is 0 Å². The maximum absolute atomic E-state index is 12.7. The van der Waals surface area contributed by atoms with Gasteiger partial charge in [0.15, 0.2) is 0 Å². The molecular formula is C24H31N3O2S. The van der Waals surface area contributed by atoms with E-state index in [1.165, 1.54) is 27.8 Å². The molecule has 1 saturated heterocycles. The third-order valence-corrected chi connectivity index (χ3v) is 7.40. The minimum Gasteiger partial charge on any atom is -0.369 e. The highest BCUT2D eigenvalue weighted by atomic mass is 32.2. The van der Waals surface area contributed by atoms with E-state index in [9.17, 15) is 8.42 Å². The van der Waals surface area contributed by atoms with Gasteiger partial charge in [-0.05, 0) is 67.6 Å². The van der Waals surface area contributed by atoms with Crippen molar-refractivity contribution in [3.05, 3.63) is 70.1 Å². The molecule has 0 spiro atoms. The van der Waals surface area contributed by atoms with Crippen molar-refractivity contribution in [1.29, 1.82) is 0 Å². The number of rotatable bonds is 5. The van der Waals surface area contributed by atoms with Crippen LogP contribution in [0.5, 0.6) is 0 Å². The quantitative estimate of drug-likeness (QED) is 0.799. The first kappa shape index (κ1) is 21.1. The normalized spacial score (nSPS) is 20.5. The van der Waals surface area contributed by atoms with Crippen LogP contribution in [0, 0.1) is 6.92 Å². The van der Waals surface area contributed by atoms with Crippen molar-refractivity contribution in [2.75, 3.05) is 38.1 Å². The number of hydrogen-bond acceptors (Lipinski definition) is 4. The lowest BCUT2D eigenvalue weighted by atomic mass is 9.84. The molecular weight excluding hydrogens is 394 g/mol. The van der Waals surface area contributed by atoms with Crippen LogP contribution in [-0.2, 0) is 22.9 Å². The predicted octanol–water partition coefficient (Wildman–Crippen LogP) is 3.19. The second-order valence-electron chi connectivity index (χ2n) is 8.47. The standard InChI is InChI=1S/C24H31N3O2S/c1-19-8-11-24(27-15-13-26(2)14-16-27)23-18-21(9-10-22(19)23)25-30(28,29)17-12-20-6-4-3-5-7-20/h3-8,11-12,17,21,25H,9-10,13-16,18H2,1-2H3/b17-12+/t21-/m1/s1. The van der Waals surface area contributed by atoms with Gasteiger partial charge in [0.05, 0.1) is 0 Å². The summed E-state index contributed by atoms with van der Waals surface area (Å²) in [5.74, 6) is 0. The number of hydrogen-bond donors (Lipinski definition) is 1. The Labute approximate surface area is 180 Å². The van der Waals surface area contributed by atoms with E-state index in [4.69, 9.17) is 0 Å². The van der Waals surface area contributed by atoms with Crippen molar-refractivity contribution in [1.82, 2.24) is 9.62 Å². The predicted molar refractivity (Wildman–Crippen MR) is 124 cm³/mol. The lowest BCUT2D eigenvalue weighted by molar-refractivity contribution is 0.312. The zero-order chi connectivity index (χ0) is 21.1. The number of likely N-dealkylation sites (N-methyl/N-ethyl adjacent to an activating group) is 1. The summed E-state index contributed by atoms with van der Waals surface area (Å²) >= 11 is 0. The van der Waals surface area contributed by atoms with E-state index in [1.54, 1.807) is 6.08 Å². The van der Waals surface area contributed by atoms with Gasteiger partial charge in [-0.3, -0.25) is 0 Å². The Bertz CT molecular complexity index is 1010. The van der Waals surface area contributed by atoms with Crippen molar-refractivity contribution in [2.45, 2.75) is 32.2 Å². The fourth-order valence-corrected chi connectivity index (χ4v) is 5.57. The molecule has 1 aliphatic heterocycles. The number of aryl methyl sites for hydroxylation is 1. The first-order valence-electron chi connectivity index (χ1n) is 10.7. The fraction of sp³-hybridized carbons (Fsp3) is 0.417. The highest BCUT2D eigenvalue weighted by molar-refractivity contribution is 7.92. The van der Waals surface area contributed by atoms with E-state index in [-0.39, 0.29) is 6.04 Å². The van der Waals surface area contributed by atoms with E-state index in [1.807, 2.05) is 30.3 Å². The molecule has 2 aromatic carbocycles. The Morgan fingerprint density at radius 1 is 1.00 bits per heavy atom. The zero-order valence-electron chi connectivity index (χ0n) is 17.8. The van der Waals surface area contributed by atoms with Gasteiger partial charge >= 0.3 is 0 Å². The number of nitrogens with one attached hydrogen (secondary N) is 1. The highest BCUT2D eigenvalue weighted by Gasteiger charge is 2.27. The minimum atomic E-state index is -3.49. The summed E-state index contributed by atoms with van der Waals surface area (Å²) < 4.78 is 28.2. The van der Waals surface area contributed by atoms with Crippen molar-refractivity contribution < 1.29 is 8.42 Å². The van der Waals surface area contributed by atoms with Crippen LogP contribution in [0.25, 0.3) is 6.08 Å². The number of fused-ring (bicyclic) bond motifs is 1. The SMILES string of the molecule is Cc1ccc(N2CCN(C)CC2)c2c1CC[C@@H](NS(=O)(=O)/C=C/c1ccccc1)C2. The van der Waals surface area contributed by atoms with Gasteiger partial charge in [-0.2, -0.15) is 0 Å². The summed E-state index contributed by atoms with van der Waals surface area (Å²) in [6.07, 6.45) is 4.15. The summed E-state index contributed by atoms with van der Waals surface area (Å²) in [6.45, 7) is 6.32. The largest absolute Gasteiger partial charge is 0.369 e. The molecule has 30 heavy (non-hydrogen) atoms. The van der Waals surface area contributed by atoms with Gasteiger partial charge in [0.2, 0.25) is 10.0 Å². The number of sulfonamides is 1. The lowest BCUT2D eigenvalue weighted by Gasteiger charge is -2.37. The maximum Gasteiger partial charge on any atom is 0.233 e. The van der Waals surface area contributed by atoms with Gasteiger partial charge in [-0.1, -0.05) is 36.4 Å². The molecule has 0 aromatic heterocycles. The molecule has 1 fully saturated rings. The van der Waals surface area contributed by atoms with Gasteiger partial charge < -0.3 is 9.80 Å². The molecule has 6 heteroatoms. The molecule has 0 bridgehead atoms. The molecule has 1 atom stereocenters. The molecule has 0 saturated carbocycles. The van der Waals surface area contributed by atoms with Crippen molar-refractivity contribution in [2.24, 2.45) is 0 Å². The van der Waals surface area contributed by atoms with E-state index in [0.29, 0.717) is 0 Å². The van der Waals surface area contributed by atoms with Crippen LogP contribution in [0.15, 0.2) is 47.9 Å². The van der Waals surface area contributed by atoms with Crippen LogP contribution < -0.4 is 9.62 Å². The molecule has 4 rings (SSSR count). The third-order valence-electron chi connectivity index (χ3n) is 6.25. The average molecular weight is 426 g/mol. The highest BCUT2D eigenvalue weighted by Crippen LogP contribution is 2.33. The van der Waals surface area contributed by atoms with Crippen molar-refractivity contribution in [3.8, 4) is 0 Å². The number of piperazine rings is 1. The van der Waals surface area contributed by atoms with E-state index >= 15 is 0 Å². The van der Waals surface area contributed by atoms with Crippen LogP contribution in [0.3, 0.4) is 0 Å². The zero-order valence-corrected chi connectivity index (χ0v) is 18.7. The van der Waals surface area contributed by atoms with Gasteiger partial charge in [0, 0.05) is 43.3 Å². The number of nitrogens with zero attached hydrogens (tertiary/aromatic N) is 2. The molecule has 160 valence electrons. The molecule has 2 aromatic rings.